The molecular weight excluding hydrogens is 204 g/mol. The molecule has 0 spiro atoms. The molecule has 1 heterocycles. The van der Waals surface area contributed by atoms with Crippen molar-refractivity contribution < 1.29 is 0 Å². The second-order valence-corrected chi connectivity index (χ2v) is 3.83. The third kappa shape index (κ3) is 2.36. The first-order chi connectivity index (χ1) is 7.77. The average molecular weight is 218 g/mol. The van der Waals surface area contributed by atoms with Crippen molar-refractivity contribution in [2.75, 3.05) is 0 Å². The number of benzene rings is 1. The summed E-state index contributed by atoms with van der Waals surface area (Å²) in [6.07, 6.45) is 0.871. The normalized spacial score (nSPS) is 12.6. The van der Waals surface area contributed by atoms with Crippen molar-refractivity contribution in [3.8, 4) is 0 Å². The minimum Gasteiger partial charge on any atom is -0.245 e. The van der Waals surface area contributed by atoms with E-state index < -0.39 is 0 Å². The lowest BCUT2D eigenvalue weighted by Crippen LogP contribution is -2.19. The summed E-state index contributed by atoms with van der Waals surface area (Å²) in [6, 6.07) is 10.2. The largest absolute Gasteiger partial charge is 0.361 e. The van der Waals surface area contributed by atoms with Gasteiger partial charge in [0.2, 0.25) is 0 Å². The maximum Gasteiger partial charge on any atom is 0.361 e. The Labute approximate surface area is 93.1 Å². The van der Waals surface area contributed by atoms with Crippen molar-refractivity contribution in [1.82, 2.24) is 20.2 Å². The van der Waals surface area contributed by atoms with E-state index in [2.05, 4.69) is 34.6 Å². The molecule has 5 nitrogen and oxygen atoms in total. The van der Waals surface area contributed by atoms with Crippen molar-refractivity contribution in [1.29, 1.82) is 0 Å². The lowest BCUT2D eigenvalue weighted by Gasteiger charge is -2.10. The van der Waals surface area contributed by atoms with Crippen LogP contribution in [0, 0.1) is 0 Å². The summed E-state index contributed by atoms with van der Waals surface area (Å²) >= 11 is 0. The number of rotatable bonds is 4. The smallest absolute Gasteiger partial charge is 0.245 e. The van der Waals surface area contributed by atoms with Crippen molar-refractivity contribution >= 4 is 0 Å². The van der Waals surface area contributed by atoms with Crippen LogP contribution >= 0.6 is 0 Å². The van der Waals surface area contributed by atoms with Gasteiger partial charge in [-0.25, -0.2) is 9.89 Å². The van der Waals surface area contributed by atoms with Crippen LogP contribution in [-0.2, 0) is 6.54 Å². The predicted molar refractivity (Wildman–Crippen MR) is 60.1 cm³/mol. The summed E-state index contributed by atoms with van der Waals surface area (Å²) in [5.41, 5.74) is 1.03. The van der Waals surface area contributed by atoms with Crippen LogP contribution in [0.2, 0.25) is 0 Å². The zero-order valence-corrected chi connectivity index (χ0v) is 9.13. The van der Waals surface area contributed by atoms with Gasteiger partial charge in [-0.05, 0) is 28.3 Å². The molecule has 1 aromatic heterocycles. The number of hydrogen-bond acceptors (Lipinski definition) is 3. The molecule has 0 radical (unpaired) electrons. The van der Waals surface area contributed by atoms with E-state index in [1.54, 1.807) is 0 Å². The summed E-state index contributed by atoms with van der Waals surface area (Å²) in [6.45, 7) is 2.73. The molecule has 0 aliphatic carbocycles. The molecule has 1 N–H and O–H groups in total. The second-order valence-electron chi connectivity index (χ2n) is 3.83. The molecule has 0 aliphatic rings. The lowest BCUT2D eigenvalue weighted by atomic mass is 9.98. The maximum absolute atomic E-state index is 11.2. The van der Waals surface area contributed by atoms with Crippen LogP contribution in [0.15, 0.2) is 35.1 Å². The Morgan fingerprint density at radius 1 is 1.38 bits per heavy atom. The number of nitrogens with zero attached hydrogens (tertiary/aromatic N) is 3. The molecule has 0 saturated heterocycles. The van der Waals surface area contributed by atoms with Gasteiger partial charge < -0.3 is 0 Å². The van der Waals surface area contributed by atoms with Crippen LogP contribution in [0.25, 0.3) is 0 Å². The molecule has 84 valence electrons. The minimum absolute atomic E-state index is 0.250. The first kappa shape index (κ1) is 10.6. The van der Waals surface area contributed by atoms with Gasteiger partial charge in [0, 0.05) is 6.54 Å². The summed E-state index contributed by atoms with van der Waals surface area (Å²) in [4.78, 5) is 11.2. The molecule has 0 bridgehead atoms. The van der Waals surface area contributed by atoms with Crippen molar-refractivity contribution in [2.24, 2.45) is 0 Å². The third-order valence-electron chi connectivity index (χ3n) is 2.68. The highest BCUT2D eigenvalue weighted by Gasteiger charge is 2.06. The average Bonchev–Trinajstić information content (AvgIpc) is 2.73. The van der Waals surface area contributed by atoms with Gasteiger partial charge in [0.15, 0.2) is 0 Å². The van der Waals surface area contributed by atoms with Gasteiger partial charge in [-0.2, -0.15) is 4.68 Å². The highest BCUT2D eigenvalue weighted by Crippen LogP contribution is 2.18. The highest BCUT2D eigenvalue weighted by atomic mass is 16.2. The molecule has 0 aliphatic heterocycles. The van der Waals surface area contributed by atoms with Crippen LogP contribution in [0.5, 0.6) is 0 Å². The summed E-state index contributed by atoms with van der Waals surface area (Å²) in [5.74, 6) is 0.407. The standard InChI is InChI=1S/C11H14N4O/c1-9(10-5-3-2-4-6-10)7-8-15-11(16)12-13-14-15/h2-6,9H,7-8H2,1H3,(H,12,14,16). The van der Waals surface area contributed by atoms with Crippen molar-refractivity contribution in [3.05, 3.63) is 46.4 Å². The molecule has 0 fully saturated rings. The van der Waals surface area contributed by atoms with Gasteiger partial charge >= 0.3 is 5.69 Å². The summed E-state index contributed by atoms with van der Waals surface area (Å²) < 4.78 is 1.35. The molecule has 1 unspecified atom stereocenters. The fourth-order valence-electron chi connectivity index (χ4n) is 1.63. The topological polar surface area (TPSA) is 63.6 Å². The van der Waals surface area contributed by atoms with Crippen LogP contribution in [0.4, 0.5) is 0 Å². The molecule has 1 aromatic carbocycles. The van der Waals surface area contributed by atoms with E-state index in [0.717, 1.165) is 6.42 Å². The van der Waals surface area contributed by atoms with E-state index >= 15 is 0 Å². The lowest BCUT2D eigenvalue weighted by molar-refractivity contribution is 0.509. The van der Waals surface area contributed by atoms with E-state index in [9.17, 15) is 4.79 Å². The number of tetrazole rings is 1. The monoisotopic (exact) mass is 218 g/mol. The maximum atomic E-state index is 11.2. The quantitative estimate of drug-likeness (QED) is 0.837. The first-order valence-corrected chi connectivity index (χ1v) is 5.30. The molecule has 16 heavy (non-hydrogen) atoms. The Morgan fingerprint density at radius 3 is 2.75 bits per heavy atom. The van der Waals surface area contributed by atoms with Crippen LogP contribution < -0.4 is 5.69 Å². The van der Waals surface area contributed by atoms with Crippen molar-refractivity contribution in [3.63, 3.8) is 0 Å². The fourth-order valence-corrected chi connectivity index (χ4v) is 1.63. The summed E-state index contributed by atoms with van der Waals surface area (Å²) in [7, 11) is 0. The van der Waals surface area contributed by atoms with Gasteiger partial charge in [-0.3, -0.25) is 0 Å². The van der Waals surface area contributed by atoms with Gasteiger partial charge in [-0.15, -0.1) is 0 Å². The highest BCUT2D eigenvalue weighted by molar-refractivity contribution is 5.18. The zero-order valence-electron chi connectivity index (χ0n) is 9.13. The Bertz CT molecular complexity index is 488. The Kier molecular flexibility index (Phi) is 3.14. The van der Waals surface area contributed by atoms with Gasteiger partial charge in [-0.1, -0.05) is 37.3 Å². The van der Waals surface area contributed by atoms with Gasteiger partial charge in [0.25, 0.3) is 0 Å². The number of hydrogen-bond donors (Lipinski definition) is 1. The van der Waals surface area contributed by atoms with Crippen molar-refractivity contribution in [2.45, 2.75) is 25.8 Å². The van der Waals surface area contributed by atoms with Crippen LogP contribution in [0.3, 0.4) is 0 Å². The van der Waals surface area contributed by atoms with E-state index in [1.807, 2.05) is 18.2 Å². The van der Waals surface area contributed by atoms with Gasteiger partial charge in [0.05, 0.1) is 0 Å². The Hall–Kier alpha value is -1.91. The van der Waals surface area contributed by atoms with E-state index in [-0.39, 0.29) is 5.69 Å². The zero-order chi connectivity index (χ0) is 11.4. The molecule has 2 rings (SSSR count). The predicted octanol–water partition coefficient (Wildman–Crippen LogP) is 1.16. The van der Waals surface area contributed by atoms with Crippen LogP contribution in [-0.4, -0.2) is 20.2 Å². The van der Waals surface area contributed by atoms with Gasteiger partial charge in [0.1, 0.15) is 0 Å². The third-order valence-corrected chi connectivity index (χ3v) is 2.68. The van der Waals surface area contributed by atoms with Crippen LogP contribution in [0.1, 0.15) is 24.8 Å². The summed E-state index contributed by atoms with van der Waals surface area (Å²) in [5, 5.41) is 9.41. The molecule has 5 heteroatoms. The molecule has 1 atom stereocenters. The number of aromatic nitrogens is 4. The molecule has 2 aromatic rings. The van der Waals surface area contributed by atoms with E-state index in [4.69, 9.17) is 0 Å². The number of nitrogens with one attached hydrogen (secondary N) is 1. The fraction of sp³-hybridized carbons (Fsp3) is 0.364. The minimum atomic E-state index is -0.250. The van der Waals surface area contributed by atoms with E-state index in [1.165, 1.54) is 10.2 Å². The molecular formula is C11H14N4O. The second kappa shape index (κ2) is 4.74. The Balaban J connectivity index is 1.97. The number of aromatic amines is 1. The molecule has 0 saturated carbocycles. The number of H-pyrrole nitrogens is 1. The first-order valence-electron chi connectivity index (χ1n) is 5.30. The Morgan fingerprint density at radius 2 is 2.12 bits per heavy atom. The molecule has 0 amide bonds. The SMILES string of the molecule is CC(CCn1nn[nH]c1=O)c1ccccc1. The van der Waals surface area contributed by atoms with E-state index in [0.29, 0.717) is 12.5 Å². The number of aryl methyl sites for hydroxylation is 1.